The first kappa shape index (κ1) is 14.5. The number of amidine groups is 1. The van der Waals surface area contributed by atoms with E-state index in [9.17, 15) is 13.2 Å². The predicted molar refractivity (Wildman–Crippen MR) is 78.6 cm³/mol. The molecule has 0 N–H and O–H groups in total. The van der Waals surface area contributed by atoms with Crippen molar-refractivity contribution in [2.75, 3.05) is 12.3 Å². The molecule has 8 heteroatoms. The average molecular weight is 363 g/mol. The molecule has 1 heterocycles. The van der Waals surface area contributed by atoms with E-state index in [-0.39, 0.29) is 21.7 Å². The molecule has 1 aromatic rings. The molecule has 1 amide bonds. The summed E-state index contributed by atoms with van der Waals surface area (Å²) in [6.07, 6.45) is 0. The van der Waals surface area contributed by atoms with Crippen LogP contribution in [0.2, 0.25) is 0 Å². The molecule has 102 valence electrons. The Balaban J connectivity index is 2.36. The van der Waals surface area contributed by atoms with Crippen LogP contribution in [0.15, 0.2) is 38.0 Å². The van der Waals surface area contributed by atoms with Gasteiger partial charge in [-0.1, -0.05) is 27.7 Å². The maximum Gasteiger partial charge on any atom is 0.284 e. The Morgan fingerprint density at radius 1 is 1.37 bits per heavy atom. The van der Waals surface area contributed by atoms with Crippen LogP contribution in [0.4, 0.5) is 0 Å². The molecule has 1 fully saturated rings. The zero-order valence-electron chi connectivity index (χ0n) is 10.0. The fourth-order valence-electron chi connectivity index (χ4n) is 1.54. The van der Waals surface area contributed by atoms with Gasteiger partial charge in [0.1, 0.15) is 0 Å². The van der Waals surface area contributed by atoms with Gasteiger partial charge in [-0.2, -0.15) is 8.42 Å². The number of benzene rings is 1. The van der Waals surface area contributed by atoms with Gasteiger partial charge in [-0.25, -0.2) is 0 Å². The Morgan fingerprint density at radius 3 is 2.58 bits per heavy atom. The average Bonchev–Trinajstić information content (AvgIpc) is 2.69. The van der Waals surface area contributed by atoms with Crippen LogP contribution in [-0.2, 0) is 14.8 Å². The van der Waals surface area contributed by atoms with Crippen molar-refractivity contribution in [3.63, 3.8) is 0 Å². The molecule has 0 aromatic heterocycles. The van der Waals surface area contributed by atoms with E-state index >= 15 is 0 Å². The number of halogens is 1. The topological polar surface area (TPSA) is 66.8 Å². The zero-order valence-corrected chi connectivity index (χ0v) is 13.3. The molecule has 0 unspecified atom stereocenters. The summed E-state index contributed by atoms with van der Waals surface area (Å²) in [4.78, 5) is 13.0. The molecule has 1 aromatic carbocycles. The number of rotatable bonds is 3. The number of hydrogen-bond acceptors (Lipinski definition) is 4. The largest absolute Gasteiger partial charge is 0.290 e. The number of thioether (sulfide) groups is 1. The van der Waals surface area contributed by atoms with Gasteiger partial charge in [0.15, 0.2) is 5.17 Å². The summed E-state index contributed by atoms with van der Waals surface area (Å²) in [5, 5.41) is 0.246. The van der Waals surface area contributed by atoms with E-state index in [1.54, 1.807) is 19.1 Å². The van der Waals surface area contributed by atoms with Crippen molar-refractivity contribution in [1.29, 1.82) is 0 Å². The van der Waals surface area contributed by atoms with Gasteiger partial charge in [0.05, 0.1) is 10.6 Å². The lowest BCUT2D eigenvalue weighted by atomic mass is 10.4. The monoisotopic (exact) mass is 362 g/mol. The third-order valence-corrected chi connectivity index (χ3v) is 5.37. The van der Waals surface area contributed by atoms with Crippen LogP contribution >= 0.6 is 27.7 Å². The fourth-order valence-corrected chi connectivity index (χ4v) is 3.99. The molecule has 0 saturated carbocycles. The Hall–Kier alpha value is -0.860. The molecule has 5 nitrogen and oxygen atoms in total. The Morgan fingerprint density at radius 2 is 2.00 bits per heavy atom. The van der Waals surface area contributed by atoms with E-state index in [4.69, 9.17) is 0 Å². The van der Waals surface area contributed by atoms with Crippen molar-refractivity contribution < 1.29 is 13.2 Å². The van der Waals surface area contributed by atoms with Crippen molar-refractivity contribution >= 4 is 48.8 Å². The van der Waals surface area contributed by atoms with Crippen molar-refractivity contribution in [3.05, 3.63) is 28.7 Å². The van der Waals surface area contributed by atoms with Crippen molar-refractivity contribution in [1.82, 2.24) is 4.90 Å². The summed E-state index contributed by atoms with van der Waals surface area (Å²) in [5.41, 5.74) is 0. The summed E-state index contributed by atoms with van der Waals surface area (Å²) in [6, 6.07) is 6.22. The molecule has 0 aliphatic carbocycles. The quantitative estimate of drug-likeness (QED) is 0.825. The first-order valence-electron chi connectivity index (χ1n) is 5.48. The second-order valence-corrected chi connectivity index (χ2v) is 7.19. The van der Waals surface area contributed by atoms with Crippen molar-refractivity contribution in [2.45, 2.75) is 11.8 Å². The molecule has 1 saturated heterocycles. The number of nitrogens with zero attached hydrogens (tertiary/aromatic N) is 2. The molecule has 2 rings (SSSR count). The summed E-state index contributed by atoms with van der Waals surface area (Å²) in [7, 11) is -3.77. The summed E-state index contributed by atoms with van der Waals surface area (Å²) < 4.78 is 28.8. The van der Waals surface area contributed by atoms with E-state index in [0.29, 0.717) is 6.54 Å². The van der Waals surface area contributed by atoms with Crippen molar-refractivity contribution in [2.24, 2.45) is 4.40 Å². The minimum Gasteiger partial charge on any atom is -0.290 e. The first-order valence-corrected chi connectivity index (χ1v) is 8.69. The van der Waals surface area contributed by atoms with Gasteiger partial charge in [-0.3, -0.25) is 9.69 Å². The minimum absolute atomic E-state index is 0.110. The highest BCUT2D eigenvalue weighted by Gasteiger charge is 2.29. The summed E-state index contributed by atoms with van der Waals surface area (Å²) >= 11 is 4.39. The van der Waals surface area contributed by atoms with Crippen LogP contribution in [0.25, 0.3) is 0 Å². The molecule has 0 atom stereocenters. The smallest absolute Gasteiger partial charge is 0.284 e. The third-order valence-electron chi connectivity index (χ3n) is 2.48. The Bertz CT molecular complexity index is 626. The van der Waals surface area contributed by atoms with Crippen LogP contribution in [0, 0.1) is 0 Å². The summed E-state index contributed by atoms with van der Waals surface area (Å²) in [5.74, 6) is 0.125. The van der Waals surface area contributed by atoms with E-state index in [0.717, 1.165) is 16.2 Å². The molecule has 1 aliphatic rings. The highest BCUT2D eigenvalue weighted by molar-refractivity contribution is 9.10. The van der Waals surface area contributed by atoms with E-state index in [2.05, 4.69) is 20.3 Å². The lowest BCUT2D eigenvalue weighted by Gasteiger charge is -2.12. The first-order chi connectivity index (χ1) is 8.94. The predicted octanol–water partition coefficient (Wildman–Crippen LogP) is 2.09. The second-order valence-electron chi connectivity index (χ2n) is 3.73. The maximum atomic E-state index is 12.1. The normalized spacial score (nSPS) is 18.3. The van der Waals surface area contributed by atoms with Gasteiger partial charge in [-0.05, 0) is 31.2 Å². The highest BCUT2D eigenvalue weighted by Crippen LogP contribution is 2.23. The maximum absolute atomic E-state index is 12.1. The van der Waals surface area contributed by atoms with E-state index in [1.807, 2.05) is 0 Å². The molecule has 1 aliphatic heterocycles. The molecular weight excluding hydrogens is 352 g/mol. The van der Waals surface area contributed by atoms with Gasteiger partial charge < -0.3 is 0 Å². The molecular formula is C11H11BrN2O3S2. The molecule has 0 bridgehead atoms. The molecule has 0 radical (unpaired) electrons. The summed E-state index contributed by atoms with van der Waals surface area (Å²) in [6.45, 7) is 2.20. The van der Waals surface area contributed by atoms with Crippen LogP contribution in [0.3, 0.4) is 0 Å². The van der Waals surface area contributed by atoms with E-state index in [1.165, 1.54) is 17.0 Å². The highest BCUT2D eigenvalue weighted by atomic mass is 79.9. The van der Waals surface area contributed by atoms with Crippen molar-refractivity contribution in [3.8, 4) is 0 Å². The SMILES string of the molecule is CCN1C(=O)CS/C1=N/S(=O)(=O)c1ccc(Br)cc1. The zero-order chi connectivity index (χ0) is 14.0. The van der Waals surface area contributed by atoms with Gasteiger partial charge in [0, 0.05) is 11.0 Å². The van der Waals surface area contributed by atoms with Gasteiger partial charge in [-0.15, -0.1) is 4.40 Å². The number of carbonyl (C=O) groups excluding carboxylic acids is 1. The number of amides is 1. The minimum atomic E-state index is -3.77. The third kappa shape index (κ3) is 3.18. The van der Waals surface area contributed by atoms with Gasteiger partial charge in [0.2, 0.25) is 5.91 Å². The molecule has 0 spiro atoms. The number of hydrogen-bond donors (Lipinski definition) is 0. The lowest BCUT2D eigenvalue weighted by molar-refractivity contribution is -0.123. The van der Waals surface area contributed by atoms with Crippen LogP contribution < -0.4 is 0 Å². The van der Waals surface area contributed by atoms with Crippen LogP contribution in [-0.4, -0.2) is 36.7 Å². The number of sulfonamides is 1. The lowest BCUT2D eigenvalue weighted by Crippen LogP contribution is -2.29. The van der Waals surface area contributed by atoms with Gasteiger partial charge >= 0.3 is 0 Å². The van der Waals surface area contributed by atoms with Crippen LogP contribution in [0.5, 0.6) is 0 Å². The number of carbonyl (C=O) groups is 1. The second kappa shape index (κ2) is 5.64. The Labute approximate surface area is 124 Å². The van der Waals surface area contributed by atoms with Gasteiger partial charge in [0.25, 0.3) is 10.0 Å². The Kier molecular flexibility index (Phi) is 4.32. The standard InChI is InChI=1S/C11H11BrN2O3S2/c1-2-14-10(15)7-18-11(14)13-19(16,17)9-5-3-8(12)4-6-9/h3-6H,2,7H2,1H3/b13-11+. The fraction of sp³-hybridized carbons (Fsp3) is 0.273. The van der Waals surface area contributed by atoms with Crippen LogP contribution in [0.1, 0.15) is 6.92 Å². The van der Waals surface area contributed by atoms with E-state index < -0.39 is 10.0 Å². The molecule has 19 heavy (non-hydrogen) atoms.